The average molecular weight is 242 g/mol. The molecule has 2 unspecified atom stereocenters. The van der Waals surface area contributed by atoms with E-state index in [-0.39, 0.29) is 12.7 Å². The van der Waals surface area contributed by atoms with Crippen molar-refractivity contribution in [3.05, 3.63) is 12.7 Å². The second-order valence-electron chi connectivity index (χ2n) is 4.51. The van der Waals surface area contributed by atoms with Crippen molar-refractivity contribution < 1.29 is 19.4 Å². The molecule has 0 saturated heterocycles. The zero-order valence-corrected chi connectivity index (χ0v) is 10.4. The van der Waals surface area contributed by atoms with Crippen LogP contribution in [0.25, 0.3) is 0 Å². The highest BCUT2D eigenvalue weighted by atomic mass is 16.6. The number of aliphatic hydroxyl groups is 1. The maximum Gasteiger partial charge on any atom is 0.330 e. The third kappa shape index (κ3) is 5.33. The van der Waals surface area contributed by atoms with Crippen LogP contribution in [0.2, 0.25) is 0 Å². The van der Waals surface area contributed by atoms with Gasteiger partial charge in [-0.1, -0.05) is 25.8 Å². The molecule has 98 valence electrons. The SMILES string of the molecule is C=CC(=O)OC(C)C(O)COC1CCCCC1. The topological polar surface area (TPSA) is 55.8 Å². The molecule has 0 radical (unpaired) electrons. The molecule has 0 amide bonds. The van der Waals surface area contributed by atoms with Gasteiger partial charge in [-0.2, -0.15) is 0 Å². The lowest BCUT2D eigenvalue weighted by Gasteiger charge is -2.25. The number of ether oxygens (including phenoxy) is 2. The molecule has 0 heterocycles. The summed E-state index contributed by atoms with van der Waals surface area (Å²) in [6.45, 7) is 5.17. The van der Waals surface area contributed by atoms with Crippen LogP contribution in [0.1, 0.15) is 39.0 Å². The Bertz CT molecular complexity index is 246. The first-order valence-corrected chi connectivity index (χ1v) is 6.26. The van der Waals surface area contributed by atoms with Crippen LogP contribution in [-0.2, 0) is 14.3 Å². The molecule has 1 aliphatic rings. The number of aliphatic hydroxyl groups excluding tert-OH is 1. The predicted octanol–water partition coefficient (Wildman–Crippen LogP) is 1.81. The van der Waals surface area contributed by atoms with E-state index in [1.807, 2.05) is 0 Å². The third-order valence-electron chi connectivity index (χ3n) is 3.07. The van der Waals surface area contributed by atoms with Crippen molar-refractivity contribution in [1.29, 1.82) is 0 Å². The molecule has 4 nitrogen and oxygen atoms in total. The molecular formula is C13H22O4. The summed E-state index contributed by atoms with van der Waals surface area (Å²) in [5.41, 5.74) is 0. The number of hydrogen-bond acceptors (Lipinski definition) is 4. The third-order valence-corrected chi connectivity index (χ3v) is 3.07. The van der Waals surface area contributed by atoms with E-state index in [9.17, 15) is 9.90 Å². The Balaban J connectivity index is 2.20. The average Bonchev–Trinajstić information content (AvgIpc) is 2.36. The summed E-state index contributed by atoms with van der Waals surface area (Å²) in [5, 5.41) is 9.76. The highest BCUT2D eigenvalue weighted by Crippen LogP contribution is 2.20. The van der Waals surface area contributed by atoms with Crippen LogP contribution < -0.4 is 0 Å². The van der Waals surface area contributed by atoms with Crippen molar-refractivity contribution in [1.82, 2.24) is 0 Å². The first-order valence-electron chi connectivity index (χ1n) is 6.26. The molecule has 2 atom stereocenters. The first-order chi connectivity index (χ1) is 8.13. The number of carbonyl (C=O) groups is 1. The number of hydrogen-bond donors (Lipinski definition) is 1. The lowest BCUT2D eigenvalue weighted by Crippen LogP contribution is -2.34. The summed E-state index contributed by atoms with van der Waals surface area (Å²) < 4.78 is 10.5. The van der Waals surface area contributed by atoms with Crippen molar-refractivity contribution in [3.63, 3.8) is 0 Å². The van der Waals surface area contributed by atoms with E-state index in [2.05, 4.69) is 6.58 Å². The number of carbonyl (C=O) groups excluding carboxylic acids is 1. The molecule has 0 aromatic rings. The molecule has 1 fully saturated rings. The van der Waals surface area contributed by atoms with Gasteiger partial charge in [0.2, 0.25) is 0 Å². The van der Waals surface area contributed by atoms with E-state index in [1.54, 1.807) is 6.92 Å². The smallest absolute Gasteiger partial charge is 0.330 e. The molecule has 1 aliphatic carbocycles. The Kier molecular flexibility index (Phi) is 6.22. The molecule has 0 aliphatic heterocycles. The molecule has 17 heavy (non-hydrogen) atoms. The predicted molar refractivity (Wildman–Crippen MR) is 64.6 cm³/mol. The Morgan fingerprint density at radius 2 is 2.12 bits per heavy atom. The first kappa shape index (κ1) is 14.2. The quantitative estimate of drug-likeness (QED) is 0.570. The number of esters is 1. The van der Waals surface area contributed by atoms with Crippen LogP contribution >= 0.6 is 0 Å². The maximum absolute atomic E-state index is 10.9. The molecule has 4 heteroatoms. The standard InChI is InChI=1S/C13H22O4/c1-3-13(15)17-10(2)12(14)9-16-11-7-5-4-6-8-11/h3,10-12,14H,1,4-9H2,2H3. The highest BCUT2D eigenvalue weighted by molar-refractivity contribution is 5.81. The van der Waals surface area contributed by atoms with Crippen molar-refractivity contribution in [2.24, 2.45) is 0 Å². The van der Waals surface area contributed by atoms with Gasteiger partial charge >= 0.3 is 5.97 Å². The van der Waals surface area contributed by atoms with Gasteiger partial charge in [0.1, 0.15) is 12.2 Å². The molecular weight excluding hydrogens is 220 g/mol. The van der Waals surface area contributed by atoms with Crippen molar-refractivity contribution in [2.75, 3.05) is 6.61 Å². The van der Waals surface area contributed by atoms with Crippen LogP contribution in [0, 0.1) is 0 Å². The van der Waals surface area contributed by atoms with Crippen LogP contribution in [0.5, 0.6) is 0 Å². The number of rotatable bonds is 6. The molecule has 0 aromatic carbocycles. The van der Waals surface area contributed by atoms with Gasteiger partial charge in [0.15, 0.2) is 0 Å². The van der Waals surface area contributed by atoms with Gasteiger partial charge in [0.05, 0.1) is 12.7 Å². The van der Waals surface area contributed by atoms with E-state index < -0.39 is 18.2 Å². The summed E-state index contributed by atoms with van der Waals surface area (Å²) in [6, 6.07) is 0. The van der Waals surface area contributed by atoms with Gasteiger partial charge in [0, 0.05) is 6.08 Å². The summed E-state index contributed by atoms with van der Waals surface area (Å²) >= 11 is 0. The second kappa shape index (κ2) is 7.45. The van der Waals surface area contributed by atoms with Gasteiger partial charge in [-0.05, 0) is 19.8 Å². The molecule has 1 saturated carbocycles. The second-order valence-corrected chi connectivity index (χ2v) is 4.51. The minimum Gasteiger partial charge on any atom is -0.457 e. The van der Waals surface area contributed by atoms with E-state index in [1.165, 1.54) is 19.3 Å². The van der Waals surface area contributed by atoms with E-state index in [0.717, 1.165) is 18.9 Å². The Morgan fingerprint density at radius 3 is 2.71 bits per heavy atom. The Morgan fingerprint density at radius 1 is 1.47 bits per heavy atom. The van der Waals surface area contributed by atoms with Gasteiger partial charge in [-0.3, -0.25) is 0 Å². The van der Waals surface area contributed by atoms with E-state index >= 15 is 0 Å². The normalized spacial score (nSPS) is 20.6. The van der Waals surface area contributed by atoms with Gasteiger partial charge in [-0.25, -0.2) is 4.79 Å². The largest absolute Gasteiger partial charge is 0.457 e. The highest BCUT2D eigenvalue weighted by Gasteiger charge is 2.20. The van der Waals surface area contributed by atoms with Crippen molar-refractivity contribution >= 4 is 5.97 Å². The van der Waals surface area contributed by atoms with E-state index in [4.69, 9.17) is 9.47 Å². The fourth-order valence-corrected chi connectivity index (χ4v) is 1.91. The fraction of sp³-hybridized carbons (Fsp3) is 0.769. The van der Waals surface area contributed by atoms with Crippen molar-refractivity contribution in [2.45, 2.75) is 57.3 Å². The maximum atomic E-state index is 10.9. The van der Waals surface area contributed by atoms with Crippen LogP contribution in [0.4, 0.5) is 0 Å². The fourth-order valence-electron chi connectivity index (χ4n) is 1.91. The minimum absolute atomic E-state index is 0.219. The zero-order chi connectivity index (χ0) is 12.7. The zero-order valence-electron chi connectivity index (χ0n) is 10.4. The Labute approximate surface area is 103 Å². The lowest BCUT2D eigenvalue weighted by molar-refractivity contribution is -0.151. The van der Waals surface area contributed by atoms with Crippen molar-refractivity contribution in [3.8, 4) is 0 Å². The summed E-state index contributed by atoms with van der Waals surface area (Å²) in [7, 11) is 0. The molecule has 1 N–H and O–H groups in total. The molecule has 0 aromatic heterocycles. The minimum atomic E-state index is -0.777. The van der Waals surface area contributed by atoms with Gasteiger partial charge in [-0.15, -0.1) is 0 Å². The monoisotopic (exact) mass is 242 g/mol. The summed E-state index contributed by atoms with van der Waals surface area (Å²) in [4.78, 5) is 10.9. The van der Waals surface area contributed by atoms with Crippen LogP contribution in [0.3, 0.4) is 0 Å². The summed E-state index contributed by atoms with van der Waals surface area (Å²) in [5.74, 6) is -0.519. The lowest BCUT2D eigenvalue weighted by atomic mass is 9.98. The van der Waals surface area contributed by atoms with E-state index in [0.29, 0.717) is 0 Å². The Hall–Kier alpha value is -0.870. The summed E-state index contributed by atoms with van der Waals surface area (Å²) in [6.07, 6.45) is 5.79. The molecule has 1 rings (SSSR count). The van der Waals surface area contributed by atoms with Crippen LogP contribution in [-0.4, -0.2) is 36.0 Å². The van der Waals surface area contributed by atoms with Gasteiger partial charge in [0.25, 0.3) is 0 Å². The molecule has 0 bridgehead atoms. The van der Waals surface area contributed by atoms with Gasteiger partial charge < -0.3 is 14.6 Å². The van der Waals surface area contributed by atoms with Crippen LogP contribution in [0.15, 0.2) is 12.7 Å². The molecule has 0 spiro atoms.